The molecule has 2 nitrogen and oxygen atoms in total. The zero-order valence-electron chi connectivity index (χ0n) is 11.3. The fourth-order valence-electron chi connectivity index (χ4n) is 2.12. The number of aryl methyl sites for hydroxylation is 1. The summed E-state index contributed by atoms with van der Waals surface area (Å²) < 4.78 is 0. The van der Waals surface area contributed by atoms with Gasteiger partial charge in [-0.1, -0.05) is 30.7 Å². The summed E-state index contributed by atoms with van der Waals surface area (Å²) in [5.74, 6) is 0. The molecular weight excluding hydrogens is 276 g/mol. The van der Waals surface area contributed by atoms with Gasteiger partial charge in [0.05, 0.1) is 5.01 Å². The molecule has 0 saturated heterocycles. The Kier molecular flexibility index (Phi) is 5.37. The van der Waals surface area contributed by atoms with Gasteiger partial charge in [0, 0.05) is 28.6 Å². The summed E-state index contributed by atoms with van der Waals surface area (Å²) in [5, 5.41) is 7.65. The molecule has 1 N–H and O–H groups in total. The summed E-state index contributed by atoms with van der Waals surface area (Å²) in [5.41, 5.74) is 2.42. The fourth-order valence-corrected chi connectivity index (χ4v) is 3.10. The van der Waals surface area contributed by atoms with E-state index in [0.717, 1.165) is 30.1 Å². The zero-order valence-corrected chi connectivity index (χ0v) is 12.9. The zero-order chi connectivity index (χ0) is 13.7. The van der Waals surface area contributed by atoms with Crippen molar-refractivity contribution < 1.29 is 0 Å². The van der Waals surface area contributed by atoms with Crippen LogP contribution in [0.4, 0.5) is 0 Å². The van der Waals surface area contributed by atoms with Crippen molar-refractivity contribution in [3.8, 4) is 0 Å². The van der Waals surface area contributed by atoms with Crippen LogP contribution in [0.3, 0.4) is 0 Å². The molecule has 0 saturated carbocycles. The molecule has 1 aromatic carbocycles. The predicted molar refractivity (Wildman–Crippen MR) is 83.2 cm³/mol. The number of likely N-dealkylation sites (N-methyl/N-ethyl adjacent to an activating group) is 1. The molecule has 102 valence electrons. The monoisotopic (exact) mass is 294 g/mol. The normalized spacial score (nSPS) is 12.6. The highest BCUT2D eigenvalue weighted by atomic mass is 35.5. The van der Waals surface area contributed by atoms with E-state index < -0.39 is 0 Å². The first-order valence-corrected chi connectivity index (χ1v) is 7.82. The molecule has 1 unspecified atom stereocenters. The number of nitrogens with one attached hydrogen (secondary N) is 1. The molecule has 0 bridgehead atoms. The van der Waals surface area contributed by atoms with Gasteiger partial charge in [-0.25, -0.2) is 4.98 Å². The summed E-state index contributed by atoms with van der Waals surface area (Å²) >= 11 is 7.66. The molecule has 2 rings (SSSR count). The maximum atomic E-state index is 5.92. The van der Waals surface area contributed by atoms with Gasteiger partial charge < -0.3 is 5.32 Å². The molecule has 19 heavy (non-hydrogen) atoms. The topological polar surface area (TPSA) is 24.9 Å². The summed E-state index contributed by atoms with van der Waals surface area (Å²) in [7, 11) is 0. The van der Waals surface area contributed by atoms with Crippen LogP contribution in [-0.4, -0.2) is 17.6 Å². The molecular formula is C15H19ClN2S. The predicted octanol–water partition coefficient (Wildman–Crippen LogP) is 3.87. The molecule has 0 aliphatic rings. The third-order valence-corrected chi connectivity index (χ3v) is 4.22. The van der Waals surface area contributed by atoms with Gasteiger partial charge in [0.25, 0.3) is 0 Å². The van der Waals surface area contributed by atoms with E-state index in [-0.39, 0.29) is 0 Å². The van der Waals surface area contributed by atoms with Gasteiger partial charge in [-0.2, -0.15) is 0 Å². The van der Waals surface area contributed by atoms with Crippen LogP contribution in [0.1, 0.15) is 23.2 Å². The van der Waals surface area contributed by atoms with E-state index in [4.69, 9.17) is 11.6 Å². The average Bonchev–Trinajstić information content (AvgIpc) is 2.78. The van der Waals surface area contributed by atoms with E-state index in [0.29, 0.717) is 6.04 Å². The number of halogens is 1. The number of benzene rings is 1. The van der Waals surface area contributed by atoms with Crippen molar-refractivity contribution in [1.82, 2.24) is 10.3 Å². The minimum absolute atomic E-state index is 0.428. The number of hydrogen-bond acceptors (Lipinski definition) is 3. The van der Waals surface area contributed by atoms with Crippen LogP contribution < -0.4 is 5.32 Å². The first kappa shape index (κ1) is 14.5. The van der Waals surface area contributed by atoms with Crippen molar-refractivity contribution in [2.45, 2.75) is 32.7 Å². The first-order valence-electron chi connectivity index (χ1n) is 6.56. The number of aromatic nitrogens is 1. The maximum absolute atomic E-state index is 5.92. The lowest BCUT2D eigenvalue weighted by Crippen LogP contribution is -2.33. The number of rotatable bonds is 6. The highest BCUT2D eigenvalue weighted by molar-refractivity contribution is 7.09. The van der Waals surface area contributed by atoms with E-state index in [2.05, 4.69) is 34.7 Å². The average molecular weight is 295 g/mol. The third-order valence-electron chi connectivity index (χ3n) is 2.98. The van der Waals surface area contributed by atoms with Crippen molar-refractivity contribution >= 4 is 22.9 Å². The molecule has 4 heteroatoms. The molecule has 1 atom stereocenters. The van der Waals surface area contributed by atoms with Crippen LogP contribution >= 0.6 is 22.9 Å². The van der Waals surface area contributed by atoms with Crippen molar-refractivity contribution in [3.63, 3.8) is 0 Å². The Hall–Kier alpha value is -0.900. The van der Waals surface area contributed by atoms with Crippen LogP contribution in [0.5, 0.6) is 0 Å². The summed E-state index contributed by atoms with van der Waals surface area (Å²) in [4.78, 5) is 4.55. The number of hydrogen-bond donors (Lipinski definition) is 1. The maximum Gasteiger partial charge on any atom is 0.0943 e. The van der Waals surface area contributed by atoms with E-state index >= 15 is 0 Å². The van der Waals surface area contributed by atoms with Gasteiger partial charge in [0.2, 0.25) is 0 Å². The number of thiazole rings is 1. The van der Waals surface area contributed by atoms with Crippen molar-refractivity contribution in [2.24, 2.45) is 0 Å². The Bertz CT molecular complexity index is 507. The van der Waals surface area contributed by atoms with E-state index in [9.17, 15) is 0 Å². The van der Waals surface area contributed by atoms with Crippen LogP contribution in [0.2, 0.25) is 5.02 Å². The molecule has 2 aromatic rings. The summed E-state index contributed by atoms with van der Waals surface area (Å²) in [6.07, 6.45) is 1.98. The Morgan fingerprint density at radius 2 is 2.00 bits per heavy atom. The quantitative estimate of drug-likeness (QED) is 0.875. The lowest BCUT2D eigenvalue weighted by atomic mass is 10.0. The van der Waals surface area contributed by atoms with E-state index in [1.165, 1.54) is 10.6 Å². The molecule has 0 fully saturated rings. The Labute approximate surface area is 123 Å². The van der Waals surface area contributed by atoms with E-state index in [1.807, 2.05) is 19.1 Å². The lowest BCUT2D eigenvalue weighted by molar-refractivity contribution is 0.520. The van der Waals surface area contributed by atoms with E-state index in [1.54, 1.807) is 11.3 Å². The molecule has 0 aliphatic heterocycles. The highest BCUT2D eigenvalue weighted by Gasteiger charge is 2.11. The molecule has 0 radical (unpaired) electrons. The van der Waals surface area contributed by atoms with Crippen LogP contribution in [-0.2, 0) is 12.8 Å². The van der Waals surface area contributed by atoms with Gasteiger partial charge in [-0.3, -0.25) is 0 Å². The lowest BCUT2D eigenvalue weighted by Gasteiger charge is -2.16. The Morgan fingerprint density at radius 1 is 1.26 bits per heavy atom. The van der Waals surface area contributed by atoms with Crippen LogP contribution in [0.25, 0.3) is 0 Å². The second-order valence-electron chi connectivity index (χ2n) is 4.67. The van der Waals surface area contributed by atoms with Gasteiger partial charge >= 0.3 is 0 Å². The van der Waals surface area contributed by atoms with Gasteiger partial charge in [-0.05, 0) is 37.6 Å². The Morgan fingerprint density at radius 3 is 2.58 bits per heavy atom. The van der Waals surface area contributed by atoms with Crippen molar-refractivity contribution in [3.05, 3.63) is 50.9 Å². The first-order chi connectivity index (χ1) is 9.17. The second-order valence-corrected chi connectivity index (χ2v) is 6.05. The molecule has 0 spiro atoms. The van der Waals surface area contributed by atoms with Gasteiger partial charge in [0.1, 0.15) is 0 Å². The minimum atomic E-state index is 0.428. The van der Waals surface area contributed by atoms with Crippen molar-refractivity contribution in [1.29, 1.82) is 0 Å². The molecule has 0 aliphatic carbocycles. The third kappa shape index (κ3) is 4.60. The SMILES string of the molecule is CCNC(Cc1ccc(Cl)cc1)Cc1nc(C)cs1. The molecule has 1 heterocycles. The standard InChI is InChI=1S/C15H19ClN2S/c1-3-17-14(9-15-18-11(2)10-19-15)8-12-4-6-13(16)7-5-12/h4-7,10,14,17H,3,8-9H2,1-2H3. The van der Waals surface area contributed by atoms with Crippen molar-refractivity contribution in [2.75, 3.05) is 6.54 Å². The molecule has 1 aromatic heterocycles. The fraction of sp³-hybridized carbons (Fsp3) is 0.400. The van der Waals surface area contributed by atoms with Gasteiger partial charge in [-0.15, -0.1) is 11.3 Å². The summed E-state index contributed by atoms with van der Waals surface area (Å²) in [6, 6.07) is 8.53. The Balaban J connectivity index is 2.01. The minimum Gasteiger partial charge on any atom is -0.314 e. The largest absolute Gasteiger partial charge is 0.314 e. The van der Waals surface area contributed by atoms with Crippen LogP contribution in [0, 0.1) is 6.92 Å². The summed E-state index contributed by atoms with van der Waals surface area (Å²) in [6.45, 7) is 5.16. The van der Waals surface area contributed by atoms with Gasteiger partial charge in [0.15, 0.2) is 0 Å². The smallest absolute Gasteiger partial charge is 0.0943 e. The second kappa shape index (κ2) is 7.04. The molecule has 0 amide bonds. The number of nitrogens with zero attached hydrogens (tertiary/aromatic N) is 1. The van der Waals surface area contributed by atoms with Crippen LogP contribution in [0.15, 0.2) is 29.6 Å². The highest BCUT2D eigenvalue weighted by Crippen LogP contribution is 2.15.